The number of aryl methyl sites for hydroxylation is 1. The van der Waals surface area contributed by atoms with Crippen molar-refractivity contribution in [1.82, 2.24) is 4.98 Å². The quantitative estimate of drug-likeness (QED) is 0.686. The van der Waals surface area contributed by atoms with Gasteiger partial charge in [-0.25, -0.2) is 4.98 Å². The summed E-state index contributed by atoms with van der Waals surface area (Å²) in [4.78, 5) is 4.63. The molecule has 20 heavy (non-hydrogen) atoms. The van der Waals surface area contributed by atoms with E-state index in [0.717, 1.165) is 43.0 Å². The first kappa shape index (κ1) is 13.2. The number of oxazole rings is 1. The molecule has 3 rings (SSSR count). The predicted octanol–water partition coefficient (Wildman–Crippen LogP) is 5.23. The smallest absolute Gasteiger partial charge is 0.192 e. The fourth-order valence-electron chi connectivity index (χ4n) is 2.77. The maximum atomic E-state index is 5.93. The maximum Gasteiger partial charge on any atom is 0.192 e. The van der Waals surface area contributed by atoms with Crippen molar-refractivity contribution < 1.29 is 4.42 Å². The molecule has 0 radical (unpaired) electrons. The van der Waals surface area contributed by atoms with Crippen LogP contribution < -0.4 is 0 Å². The lowest BCUT2D eigenvalue weighted by molar-refractivity contribution is 0.508. The van der Waals surface area contributed by atoms with E-state index in [0.29, 0.717) is 0 Å². The number of rotatable bonds is 2. The molecule has 1 aromatic rings. The lowest BCUT2D eigenvalue weighted by Crippen LogP contribution is -1.94. The minimum atomic E-state index is 0.761. The highest BCUT2D eigenvalue weighted by molar-refractivity contribution is 5.76. The number of allylic oxidation sites excluding steroid dienone is 8. The highest BCUT2D eigenvalue weighted by Gasteiger charge is 2.18. The van der Waals surface area contributed by atoms with Gasteiger partial charge in [-0.2, -0.15) is 0 Å². The summed E-state index contributed by atoms with van der Waals surface area (Å²) >= 11 is 0. The molecule has 104 valence electrons. The summed E-state index contributed by atoms with van der Waals surface area (Å²) in [5.74, 6) is 1.74. The van der Waals surface area contributed by atoms with Crippen LogP contribution in [-0.2, 0) is 0 Å². The summed E-state index contributed by atoms with van der Waals surface area (Å²) < 4.78 is 5.93. The lowest BCUT2D eigenvalue weighted by Gasteiger charge is -2.10. The number of nitrogens with zero attached hydrogens (tertiary/aromatic N) is 1. The minimum absolute atomic E-state index is 0.761. The molecule has 0 amide bonds. The van der Waals surface area contributed by atoms with E-state index in [1.165, 1.54) is 24.0 Å². The third-order valence-corrected chi connectivity index (χ3v) is 3.81. The lowest BCUT2D eigenvalue weighted by atomic mass is 9.96. The van der Waals surface area contributed by atoms with E-state index >= 15 is 0 Å². The molecule has 1 heterocycles. The van der Waals surface area contributed by atoms with Crippen molar-refractivity contribution in [3.05, 3.63) is 53.8 Å². The fourth-order valence-corrected chi connectivity index (χ4v) is 2.77. The van der Waals surface area contributed by atoms with Crippen molar-refractivity contribution in [3.63, 3.8) is 0 Å². The SMILES string of the molecule is Cc1nc(C2=CC=CCC2)c(/C2=C/CCC/C=C\C2)o1. The molecule has 0 saturated carbocycles. The minimum Gasteiger partial charge on any atom is -0.441 e. The summed E-state index contributed by atoms with van der Waals surface area (Å²) in [5, 5.41) is 0. The van der Waals surface area contributed by atoms with Gasteiger partial charge in [0.05, 0.1) is 0 Å². The third-order valence-electron chi connectivity index (χ3n) is 3.81. The zero-order valence-corrected chi connectivity index (χ0v) is 12.1. The zero-order chi connectivity index (χ0) is 13.8. The monoisotopic (exact) mass is 267 g/mol. The Kier molecular flexibility index (Phi) is 4.00. The second-order valence-corrected chi connectivity index (χ2v) is 5.41. The van der Waals surface area contributed by atoms with Gasteiger partial charge in [-0.05, 0) is 49.7 Å². The van der Waals surface area contributed by atoms with Gasteiger partial charge in [-0.1, -0.05) is 36.5 Å². The van der Waals surface area contributed by atoms with Crippen LogP contribution in [-0.4, -0.2) is 4.98 Å². The molecule has 0 atom stereocenters. The largest absolute Gasteiger partial charge is 0.441 e. The summed E-state index contributed by atoms with van der Waals surface area (Å²) in [6, 6.07) is 0. The van der Waals surface area contributed by atoms with Crippen molar-refractivity contribution >= 4 is 11.1 Å². The number of hydrogen-bond donors (Lipinski definition) is 0. The van der Waals surface area contributed by atoms with Crippen LogP contribution in [0, 0.1) is 6.92 Å². The van der Waals surface area contributed by atoms with E-state index in [4.69, 9.17) is 4.42 Å². The summed E-state index contributed by atoms with van der Waals surface area (Å²) in [5.41, 5.74) is 3.63. The Bertz CT molecular complexity index is 599. The second-order valence-electron chi connectivity index (χ2n) is 5.41. The predicted molar refractivity (Wildman–Crippen MR) is 83.2 cm³/mol. The standard InChI is InChI=1S/C18H21NO/c1-14-19-17(15-10-8-5-9-11-15)18(20-14)16-12-6-3-2-4-7-13-16/h3,5-6,8,10,13H,2,4,7,9,11-12H2,1H3/b6-3-,16-13+. The van der Waals surface area contributed by atoms with Crippen LogP contribution in [0.25, 0.3) is 11.1 Å². The van der Waals surface area contributed by atoms with Gasteiger partial charge >= 0.3 is 0 Å². The topological polar surface area (TPSA) is 26.0 Å². The molecule has 0 aliphatic heterocycles. The van der Waals surface area contributed by atoms with Crippen LogP contribution in [0.4, 0.5) is 0 Å². The van der Waals surface area contributed by atoms with Crippen LogP contribution in [0.5, 0.6) is 0 Å². The molecule has 2 nitrogen and oxygen atoms in total. The normalized spacial score (nSPS) is 23.4. The molecule has 0 saturated heterocycles. The van der Waals surface area contributed by atoms with E-state index in [2.05, 4.69) is 41.4 Å². The highest BCUT2D eigenvalue weighted by Crippen LogP contribution is 2.33. The highest BCUT2D eigenvalue weighted by atomic mass is 16.4. The molecular weight excluding hydrogens is 246 g/mol. The van der Waals surface area contributed by atoms with E-state index < -0.39 is 0 Å². The van der Waals surface area contributed by atoms with E-state index in [-0.39, 0.29) is 0 Å². The van der Waals surface area contributed by atoms with Gasteiger partial charge in [0.1, 0.15) is 5.69 Å². The third kappa shape index (κ3) is 2.84. The van der Waals surface area contributed by atoms with Gasteiger partial charge in [0.2, 0.25) is 0 Å². The number of hydrogen-bond acceptors (Lipinski definition) is 2. The summed E-state index contributed by atoms with van der Waals surface area (Å²) in [7, 11) is 0. The van der Waals surface area contributed by atoms with Crippen LogP contribution in [0.15, 0.2) is 40.9 Å². The Morgan fingerprint density at radius 2 is 2.00 bits per heavy atom. The molecule has 2 aliphatic rings. The second kappa shape index (κ2) is 6.08. The van der Waals surface area contributed by atoms with Crippen molar-refractivity contribution in [1.29, 1.82) is 0 Å². The maximum absolute atomic E-state index is 5.93. The van der Waals surface area contributed by atoms with Crippen molar-refractivity contribution in [2.75, 3.05) is 0 Å². The van der Waals surface area contributed by atoms with Gasteiger partial charge in [0.15, 0.2) is 11.7 Å². The van der Waals surface area contributed by atoms with Crippen LogP contribution in [0.2, 0.25) is 0 Å². The number of aromatic nitrogens is 1. The molecular formula is C18H21NO. The van der Waals surface area contributed by atoms with Crippen LogP contribution >= 0.6 is 0 Å². The van der Waals surface area contributed by atoms with E-state index in [1.807, 2.05) is 6.92 Å². The first-order chi connectivity index (χ1) is 9.84. The van der Waals surface area contributed by atoms with Gasteiger partial charge in [-0.3, -0.25) is 0 Å². The fraction of sp³-hybridized carbons (Fsp3) is 0.389. The Hall–Kier alpha value is -1.83. The Balaban J connectivity index is 1.98. The van der Waals surface area contributed by atoms with E-state index in [9.17, 15) is 0 Å². The van der Waals surface area contributed by atoms with Crippen LogP contribution in [0.3, 0.4) is 0 Å². The molecule has 0 bridgehead atoms. The summed E-state index contributed by atoms with van der Waals surface area (Å²) in [6.45, 7) is 1.94. The van der Waals surface area contributed by atoms with Gasteiger partial charge < -0.3 is 4.42 Å². The van der Waals surface area contributed by atoms with Crippen LogP contribution in [0.1, 0.15) is 55.9 Å². The van der Waals surface area contributed by atoms with E-state index in [1.54, 1.807) is 0 Å². The van der Waals surface area contributed by atoms with Gasteiger partial charge in [0.25, 0.3) is 0 Å². The average Bonchev–Trinajstić information content (AvgIpc) is 2.81. The Morgan fingerprint density at radius 1 is 1.05 bits per heavy atom. The zero-order valence-electron chi connectivity index (χ0n) is 12.1. The summed E-state index contributed by atoms with van der Waals surface area (Å²) in [6.07, 6.45) is 20.0. The Morgan fingerprint density at radius 3 is 2.85 bits per heavy atom. The molecule has 0 aromatic carbocycles. The first-order valence-electron chi connectivity index (χ1n) is 7.52. The average molecular weight is 267 g/mol. The van der Waals surface area contributed by atoms with Crippen molar-refractivity contribution in [3.8, 4) is 0 Å². The molecule has 1 aromatic heterocycles. The molecule has 0 unspecified atom stereocenters. The molecule has 0 N–H and O–H groups in total. The molecule has 0 fully saturated rings. The first-order valence-corrected chi connectivity index (χ1v) is 7.52. The van der Waals surface area contributed by atoms with Gasteiger partial charge in [-0.15, -0.1) is 0 Å². The molecule has 2 heteroatoms. The van der Waals surface area contributed by atoms with Gasteiger partial charge in [0, 0.05) is 6.92 Å². The molecule has 2 aliphatic carbocycles. The Labute approximate surface area is 120 Å². The van der Waals surface area contributed by atoms with Crippen molar-refractivity contribution in [2.45, 2.75) is 45.4 Å². The van der Waals surface area contributed by atoms with Crippen molar-refractivity contribution in [2.24, 2.45) is 0 Å². The molecule has 0 spiro atoms.